The fourth-order valence-electron chi connectivity index (χ4n) is 2.16. The van der Waals surface area contributed by atoms with Gasteiger partial charge in [-0.15, -0.1) is 0 Å². The van der Waals surface area contributed by atoms with Gasteiger partial charge >= 0.3 is 0 Å². The molecule has 1 saturated carbocycles. The van der Waals surface area contributed by atoms with Crippen LogP contribution in [0.4, 0.5) is 0 Å². The first-order valence-electron chi connectivity index (χ1n) is 7.23. The maximum absolute atomic E-state index is 12.6. The number of carbonyl (C=O) groups is 1. The van der Waals surface area contributed by atoms with Gasteiger partial charge in [0.25, 0.3) is 5.91 Å². The number of benzene rings is 1. The van der Waals surface area contributed by atoms with Gasteiger partial charge in [0.05, 0.1) is 5.02 Å². The molecular weight excluding hydrogens is 286 g/mol. The Balaban J connectivity index is 2.19. The summed E-state index contributed by atoms with van der Waals surface area (Å²) in [6.07, 6.45) is 2.43. The van der Waals surface area contributed by atoms with Gasteiger partial charge in [-0.25, -0.2) is 0 Å². The van der Waals surface area contributed by atoms with Crippen molar-refractivity contribution in [2.24, 2.45) is 5.92 Å². The van der Waals surface area contributed by atoms with E-state index >= 15 is 0 Å². The molecule has 0 atom stereocenters. The molecule has 1 N–H and O–H groups in total. The van der Waals surface area contributed by atoms with Crippen LogP contribution in [0.25, 0.3) is 0 Å². The number of hydrogen-bond donors (Lipinski definition) is 1. The van der Waals surface area contributed by atoms with E-state index in [9.17, 15) is 4.79 Å². The van der Waals surface area contributed by atoms with Crippen LogP contribution in [0, 0.1) is 17.8 Å². The number of hydrogen-bond acceptors (Lipinski definition) is 2. The fraction of sp³-hybridized carbons (Fsp3) is 0.471. The zero-order chi connectivity index (χ0) is 15.4. The van der Waals surface area contributed by atoms with Crippen molar-refractivity contribution in [3.05, 3.63) is 34.3 Å². The van der Waals surface area contributed by atoms with Crippen LogP contribution in [0.5, 0.6) is 0 Å². The Morgan fingerprint density at radius 3 is 2.71 bits per heavy atom. The summed E-state index contributed by atoms with van der Waals surface area (Å²) in [5.74, 6) is 5.99. The third kappa shape index (κ3) is 4.23. The van der Waals surface area contributed by atoms with Crippen molar-refractivity contribution in [2.75, 3.05) is 13.2 Å². The second kappa shape index (κ2) is 6.98. The number of carbonyl (C=O) groups excluding carboxylic acids is 1. The third-order valence-corrected chi connectivity index (χ3v) is 3.87. The predicted molar refractivity (Wildman–Crippen MR) is 84.3 cm³/mol. The average molecular weight is 306 g/mol. The van der Waals surface area contributed by atoms with Gasteiger partial charge in [-0.1, -0.05) is 23.4 Å². The normalized spacial score (nSPS) is 13.8. The first-order chi connectivity index (χ1) is 10.0. The van der Waals surface area contributed by atoms with E-state index in [0.717, 1.165) is 6.54 Å². The highest BCUT2D eigenvalue weighted by Crippen LogP contribution is 2.31. The number of amides is 1. The van der Waals surface area contributed by atoms with Gasteiger partial charge in [0.2, 0.25) is 0 Å². The maximum atomic E-state index is 12.6. The highest BCUT2D eigenvalue weighted by molar-refractivity contribution is 6.32. The Morgan fingerprint density at radius 2 is 2.19 bits per heavy atom. The molecule has 0 saturated heterocycles. The molecule has 112 valence electrons. The van der Waals surface area contributed by atoms with Crippen molar-refractivity contribution in [1.29, 1.82) is 0 Å². The summed E-state index contributed by atoms with van der Waals surface area (Å²) in [7, 11) is 0. The maximum Gasteiger partial charge on any atom is 0.254 e. The molecule has 0 aliphatic heterocycles. The van der Waals surface area contributed by atoms with E-state index in [4.69, 9.17) is 16.7 Å². The lowest BCUT2D eigenvalue weighted by Gasteiger charge is -2.27. The molecule has 0 unspecified atom stereocenters. The van der Waals surface area contributed by atoms with Crippen LogP contribution in [0.3, 0.4) is 0 Å². The summed E-state index contributed by atoms with van der Waals surface area (Å²) in [4.78, 5) is 14.5. The van der Waals surface area contributed by atoms with Crippen LogP contribution in [0.15, 0.2) is 18.2 Å². The van der Waals surface area contributed by atoms with Gasteiger partial charge in [-0.2, -0.15) is 0 Å². The van der Waals surface area contributed by atoms with Crippen LogP contribution in [-0.2, 0) is 0 Å². The highest BCUT2D eigenvalue weighted by Gasteiger charge is 2.28. The van der Waals surface area contributed by atoms with Crippen molar-refractivity contribution >= 4 is 17.5 Å². The minimum absolute atomic E-state index is 0.0143. The Hall–Kier alpha value is -1.50. The fourth-order valence-corrected chi connectivity index (χ4v) is 2.38. The molecule has 21 heavy (non-hydrogen) atoms. The molecule has 1 fully saturated rings. The number of aliphatic hydroxyl groups excluding tert-OH is 1. The summed E-state index contributed by atoms with van der Waals surface area (Å²) in [6, 6.07) is 5.31. The summed E-state index contributed by atoms with van der Waals surface area (Å²) in [5.41, 5.74) is 1.21. The molecule has 0 heterocycles. The molecule has 1 aliphatic rings. The molecule has 1 aromatic carbocycles. The van der Waals surface area contributed by atoms with Gasteiger partial charge in [0.15, 0.2) is 0 Å². The van der Waals surface area contributed by atoms with E-state index < -0.39 is 0 Å². The molecule has 0 radical (unpaired) electrons. The van der Waals surface area contributed by atoms with Crippen molar-refractivity contribution in [2.45, 2.75) is 32.7 Å². The Morgan fingerprint density at radius 1 is 1.48 bits per heavy atom. The summed E-state index contributed by atoms with van der Waals surface area (Å²) >= 11 is 6.16. The van der Waals surface area contributed by atoms with Gasteiger partial charge in [0, 0.05) is 23.7 Å². The number of rotatable bonds is 4. The molecule has 0 bridgehead atoms. The van der Waals surface area contributed by atoms with Gasteiger partial charge in [-0.3, -0.25) is 4.79 Å². The molecule has 0 aromatic heterocycles. The highest BCUT2D eigenvalue weighted by atomic mass is 35.5. The Bertz CT molecular complexity index is 582. The lowest BCUT2D eigenvalue weighted by molar-refractivity contribution is 0.0696. The lowest BCUT2D eigenvalue weighted by atomic mass is 10.1. The number of nitrogens with zero attached hydrogens (tertiary/aromatic N) is 1. The van der Waals surface area contributed by atoms with Crippen LogP contribution in [-0.4, -0.2) is 35.1 Å². The molecule has 0 spiro atoms. The first kappa shape index (κ1) is 15.9. The second-order valence-corrected chi connectivity index (χ2v) is 6.06. The van der Waals surface area contributed by atoms with E-state index in [2.05, 4.69) is 11.8 Å². The third-order valence-electron chi connectivity index (χ3n) is 3.55. The van der Waals surface area contributed by atoms with Crippen LogP contribution >= 0.6 is 11.6 Å². The minimum Gasteiger partial charge on any atom is -0.384 e. The van der Waals surface area contributed by atoms with E-state index in [1.165, 1.54) is 12.8 Å². The van der Waals surface area contributed by atoms with Gasteiger partial charge < -0.3 is 10.0 Å². The Kier molecular flexibility index (Phi) is 5.27. The second-order valence-electron chi connectivity index (χ2n) is 5.65. The molecule has 1 aliphatic carbocycles. The van der Waals surface area contributed by atoms with E-state index in [1.54, 1.807) is 18.2 Å². The zero-order valence-corrected chi connectivity index (χ0v) is 13.2. The number of aliphatic hydroxyl groups is 1. The lowest BCUT2D eigenvalue weighted by Crippen LogP contribution is -2.38. The quantitative estimate of drug-likeness (QED) is 0.869. The largest absolute Gasteiger partial charge is 0.384 e. The topological polar surface area (TPSA) is 40.5 Å². The van der Waals surface area contributed by atoms with Crippen LogP contribution in [0.2, 0.25) is 5.02 Å². The predicted octanol–water partition coefficient (Wildman–Crippen LogP) is 2.94. The monoisotopic (exact) mass is 305 g/mol. The standard InChI is InChI=1S/C17H20ClNO2/c1-12(2)19(11-13-5-6-13)17(21)15-8-7-14(4-3-9-20)16(18)10-15/h7-8,10,12-13,20H,5-6,9,11H2,1-2H3. The Labute approximate surface area is 130 Å². The van der Waals surface area contributed by atoms with E-state index in [1.807, 2.05) is 18.7 Å². The minimum atomic E-state index is -0.209. The summed E-state index contributed by atoms with van der Waals surface area (Å²) < 4.78 is 0. The molecule has 3 nitrogen and oxygen atoms in total. The SMILES string of the molecule is CC(C)N(CC1CC1)C(=O)c1ccc(C#CCO)c(Cl)c1. The van der Waals surface area contributed by atoms with Crippen molar-refractivity contribution in [3.63, 3.8) is 0 Å². The van der Waals surface area contributed by atoms with Crippen molar-refractivity contribution < 1.29 is 9.90 Å². The van der Waals surface area contributed by atoms with E-state index in [-0.39, 0.29) is 18.6 Å². The first-order valence-corrected chi connectivity index (χ1v) is 7.61. The van der Waals surface area contributed by atoms with Crippen LogP contribution in [0.1, 0.15) is 42.6 Å². The van der Waals surface area contributed by atoms with Crippen LogP contribution < -0.4 is 0 Å². The summed E-state index contributed by atoms with van der Waals surface area (Å²) in [5, 5.41) is 9.15. The molecule has 1 amide bonds. The number of halogens is 1. The van der Waals surface area contributed by atoms with Crippen molar-refractivity contribution in [1.82, 2.24) is 4.90 Å². The van der Waals surface area contributed by atoms with Gasteiger partial charge in [0.1, 0.15) is 6.61 Å². The molecule has 2 rings (SSSR count). The van der Waals surface area contributed by atoms with Gasteiger partial charge in [-0.05, 0) is 50.8 Å². The zero-order valence-electron chi connectivity index (χ0n) is 12.4. The average Bonchev–Trinajstić information content (AvgIpc) is 3.26. The molecule has 4 heteroatoms. The smallest absolute Gasteiger partial charge is 0.254 e. The van der Waals surface area contributed by atoms with Crippen molar-refractivity contribution in [3.8, 4) is 11.8 Å². The molecular formula is C17H20ClNO2. The molecule has 1 aromatic rings. The summed E-state index contributed by atoms with van der Waals surface area (Å²) in [6.45, 7) is 4.67. The van der Waals surface area contributed by atoms with E-state index in [0.29, 0.717) is 22.1 Å².